The second-order valence-electron chi connectivity index (χ2n) is 5.53. The van der Waals surface area contributed by atoms with Gasteiger partial charge in [0, 0.05) is 12.2 Å². The average molecular weight is 276 g/mol. The van der Waals surface area contributed by atoms with E-state index >= 15 is 0 Å². The molecule has 0 fully saturated rings. The molecule has 0 aliphatic carbocycles. The molecule has 1 aromatic carbocycles. The maximum Gasteiger partial charge on any atom is 0.239 e. The van der Waals surface area contributed by atoms with Crippen LogP contribution in [-0.4, -0.2) is 17.4 Å². The zero-order chi connectivity index (χ0) is 14.0. The second kappa shape index (κ2) is 5.29. The van der Waals surface area contributed by atoms with Crippen molar-refractivity contribution in [2.75, 3.05) is 11.4 Å². The number of hydrogen-bond donors (Lipinski definition) is 1. The molecule has 1 aromatic rings. The Balaban J connectivity index is 2.40. The lowest BCUT2D eigenvalue weighted by Gasteiger charge is -2.31. The van der Waals surface area contributed by atoms with Crippen LogP contribution < -0.4 is 10.6 Å². The predicted molar refractivity (Wildman–Crippen MR) is 82.3 cm³/mol. The number of rotatable bonds is 2. The van der Waals surface area contributed by atoms with Gasteiger partial charge in [-0.15, -0.1) is 0 Å². The second-order valence-corrected chi connectivity index (χ2v) is 5.97. The fraction of sp³-hybridized carbons (Fsp3) is 0.467. The van der Waals surface area contributed by atoms with E-state index in [0.29, 0.717) is 0 Å². The lowest BCUT2D eigenvalue weighted by atomic mass is 9.91. The number of amides is 1. The van der Waals surface area contributed by atoms with Crippen LogP contribution in [0.2, 0.25) is 0 Å². The highest BCUT2D eigenvalue weighted by molar-refractivity contribution is 7.80. The molecule has 1 heterocycles. The van der Waals surface area contributed by atoms with Crippen molar-refractivity contribution >= 4 is 28.8 Å². The van der Waals surface area contributed by atoms with Gasteiger partial charge < -0.3 is 10.6 Å². The summed E-state index contributed by atoms with van der Waals surface area (Å²) >= 11 is 5.04. The van der Waals surface area contributed by atoms with Gasteiger partial charge in [-0.05, 0) is 44.7 Å². The van der Waals surface area contributed by atoms with Crippen molar-refractivity contribution in [3.63, 3.8) is 0 Å². The molecule has 2 N–H and O–H groups in total. The van der Waals surface area contributed by atoms with Gasteiger partial charge >= 0.3 is 0 Å². The van der Waals surface area contributed by atoms with E-state index in [9.17, 15) is 4.79 Å². The molecule has 1 aliphatic rings. The lowest BCUT2D eigenvalue weighted by molar-refractivity contribution is -0.123. The first-order chi connectivity index (χ1) is 8.94. The van der Waals surface area contributed by atoms with Crippen molar-refractivity contribution in [3.8, 4) is 0 Å². The van der Waals surface area contributed by atoms with Crippen LogP contribution in [0.25, 0.3) is 0 Å². The van der Waals surface area contributed by atoms with Crippen LogP contribution in [0.1, 0.15) is 32.3 Å². The maximum absolute atomic E-state index is 12.7. The number of benzene rings is 1. The van der Waals surface area contributed by atoms with Crippen LogP contribution >= 0.6 is 12.2 Å². The van der Waals surface area contributed by atoms with Gasteiger partial charge in [-0.2, -0.15) is 0 Å². The molecule has 0 saturated carbocycles. The van der Waals surface area contributed by atoms with Crippen LogP contribution in [0.5, 0.6) is 0 Å². The van der Waals surface area contributed by atoms with Crippen LogP contribution in [0.15, 0.2) is 24.3 Å². The average Bonchev–Trinajstić information content (AvgIpc) is 2.59. The zero-order valence-electron chi connectivity index (χ0n) is 11.5. The van der Waals surface area contributed by atoms with E-state index in [-0.39, 0.29) is 10.9 Å². The normalized spacial score (nSPS) is 15.6. The SMILES string of the molecule is CC(C)(C(=O)N1CCCCc2ccccc21)C(N)=S. The van der Waals surface area contributed by atoms with Gasteiger partial charge in [0.25, 0.3) is 0 Å². The lowest BCUT2D eigenvalue weighted by Crippen LogP contribution is -2.47. The maximum atomic E-state index is 12.7. The number of nitrogens with zero attached hydrogens (tertiary/aromatic N) is 1. The van der Waals surface area contributed by atoms with E-state index in [1.807, 2.05) is 23.1 Å². The standard InChI is InChI=1S/C15H20N2OS/c1-15(2,13(16)19)14(18)17-10-6-5-8-11-7-3-4-9-12(11)17/h3-4,7,9H,5-6,8,10H2,1-2H3,(H2,16,19). The van der Waals surface area contributed by atoms with Crippen molar-refractivity contribution < 1.29 is 4.79 Å². The molecular formula is C15H20N2OS. The first kappa shape index (κ1) is 14.0. The third kappa shape index (κ3) is 2.63. The molecule has 0 atom stereocenters. The molecular weight excluding hydrogens is 256 g/mol. The van der Waals surface area contributed by atoms with Crippen molar-refractivity contribution in [1.82, 2.24) is 0 Å². The predicted octanol–water partition coefficient (Wildman–Crippen LogP) is 2.67. The van der Waals surface area contributed by atoms with Crippen molar-refractivity contribution in [3.05, 3.63) is 29.8 Å². The summed E-state index contributed by atoms with van der Waals surface area (Å²) in [5, 5.41) is 0. The Labute approximate surface area is 119 Å². The third-order valence-electron chi connectivity index (χ3n) is 3.76. The molecule has 19 heavy (non-hydrogen) atoms. The summed E-state index contributed by atoms with van der Waals surface area (Å²) in [5.74, 6) is -0.00523. The van der Waals surface area contributed by atoms with Crippen LogP contribution in [0.3, 0.4) is 0 Å². The van der Waals surface area contributed by atoms with Gasteiger partial charge in [0.2, 0.25) is 5.91 Å². The molecule has 2 rings (SSSR count). The molecule has 0 radical (unpaired) electrons. The van der Waals surface area contributed by atoms with Gasteiger partial charge in [0.05, 0.1) is 10.4 Å². The number of fused-ring (bicyclic) bond motifs is 1. The Morgan fingerprint density at radius 2 is 2.00 bits per heavy atom. The molecule has 0 bridgehead atoms. The highest BCUT2D eigenvalue weighted by Crippen LogP contribution is 2.30. The Kier molecular flexibility index (Phi) is 3.90. The quantitative estimate of drug-likeness (QED) is 0.845. The first-order valence-electron chi connectivity index (χ1n) is 6.64. The van der Waals surface area contributed by atoms with Gasteiger partial charge in [0.15, 0.2) is 0 Å². The molecule has 0 unspecified atom stereocenters. The van der Waals surface area contributed by atoms with E-state index in [1.165, 1.54) is 5.56 Å². The summed E-state index contributed by atoms with van der Waals surface area (Å²) < 4.78 is 0. The summed E-state index contributed by atoms with van der Waals surface area (Å²) in [6.45, 7) is 4.33. The van der Waals surface area contributed by atoms with Crippen molar-refractivity contribution in [1.29, 1.82) is 0 Å². The fourth-order valence-corrected chi connectivity index (χ4v) is 2.43. The Bertz CT molecular complexity index is 511. The summed E-state index contributed by atoms with van der Waals surface area (Å²) in [6, 6.07) is 8.09. The number of para-hydroxylation sites is 1. The molecule has 1 amide bonds. The number of aryl methyl sites for hydroxylation is 1. The molecule has 3 nitrogen and oxygen atoms in total. The molecule has 0 aromatic heterocycles. The minimum Gasteiger partial charge on any atom is -0.392 e. The highest BCUT2D eigenvalue weighted by Gasteiger charge is 2.36. The van der Waals surface area contributed by atoms with Crippen LogP contribution in [0, 0.1) is 5.41 Å². The summed E-state index contributed by atoms with van der Waals surface area (Å²) in [6.07, 6.45) is 3.13. The smallest absolute Gasteiger partial charge is 0.239 e. The van der Waals surface area contributed by atoms with Gasteiger partial charge in [0.1, 0.15) is 0 Å². The largest absolute Gasteiger partial charge is 0.392 e. The molecule has 1 aliphatic heterocycles. The Morgan fingerprint density at radius 1 is 1.32 bits per heavy atom. The third-order valence-corrected chi connectivity index (χ3v) is 4.27. The summed E-state index contributed by atoms with van der Waals surface area (Å²) in [5.41, 5.74) is 7.16. The van der Waals surface area contributed by atoms with Crippen LogP contribution in [0.4, 0.5) is 5.69 Å². The number of nitrogens with two attached hydrogens (primary N) is 1. The monoisotopic (exact) mass is 276 g/mol. The number of carbonyl (C=O) groups is 1. The molecule has 0 saturated heterocycles. The molecule has 0 spiro atoms. The Morgan fingerprint density at radius 3 is 2.68 bits per heavy atom. The summed E-state index contributed by atoms with van der Waals surface area (Å²) in [7, 11) is 0. The Hall–Kier alpha value is -1.42. The van der Waals surface area contributed by atoms with Gasteiger partial charge in [-0.1, -0.05) is 30.4 Å². The van der Waals surface area contributed by atoms with Gasteiger partial charge in [-0.25, -0.2) is 0 Å². The van der Waals surface area contributed by atoms with E-state index in [1.54, 1.807) is 13.8 Å². The molecule has 4 heteroatoms. The van der Waals surface area contributed by atoms with E-state index in [0.717, 1.165) is 31.5 Å². The van der Waals surface area contributed by atoms with E-state index in [2.05, 4.69) is 6.07 Å². The molecule has 102 valence electrons. The zero-order valence-corrected chi connectivity index (χ0v) is 12.3. The first-order valence-corrected chi connectivity index (χ1v) is 7.05. The minimum absolute atomic E-state index is 0.00523. The van der Waals surface area contributed by atoms with Crippen LogP contribution in [-0.2, 0) is 11.2 Å². The number of anilines is 1. The van der Waals surface area contributed by atoms with Crippen molar-refractivity contribution in [2.24, 2.45) is 11.1 Å². The topological polar surface area (TPSA) is 46.3 Å². The highest BCUT2D eigenvalue weighted by atomic mass is 32.1. The van der Waals surface area contributed by atoms with E-state index < -0.39 is 5.41 Å². The fourth-order valence-electron chi connectivity index (χ4n) is 2.35. The minimum atomic E-state index is -0.799. The van der Waals surface area contributed by atoms with E-state index in [4.69, 9.17) is 18.0 Å². The summed E-state index contributed by atoms with van der Waals surface area (Å²) in [4.78, 5) is 14.8. The van der Waals surface area contributed by atoms with Gasteiger partial charge in [-0.3, -0.25) is 4.79 Å². The number of thiocarbonyl (C=S) groups is 1. The van der Waals surface area contributed by atoms with Crippen molar-refractivity contribution in [2.45, 2.75) is 33.1 Å². The number of hydrogen-bond acceptors (Lipinski definition) is 2. The number of carbonyl (C=O) groups excluding carboxylic acids is 1.